The van der Waals surface area contributed by atoms with Gasteiger partial charge in [0.15, 0.2) is 9.84 Å². The number of aromatic nitrogens is 2. The summed E-state index contributed by atoms with van der Waals surface area (Å²) >= 11 is 0. The zero-order valence-corrected chi connectivity index (χ0v) is 15.1. The molecule has 8 heteroatoms. The van der Waals surface area contributed by atoms with Gasteiger partial charge in [0.2, 0.25) is 5.91 Å². The van der Waals surface area contributed by atoms with Crippen molar-refractivity contribution in [2.45, 2.75) is 6.42 Å². The summed E-state index contributed by atoms with van der Waals surface area (Å²) in [5.74, 6) is 0.763. The number of fused-ring (bicyclic) bond motifs is 1. The first-order valence-electron chi connectivity index (χ1n) is 8.65. The van der Waals surface area contributed by atoms with Gasteiger partial charge in [-0.2, -0.15) is 0 Å². The minimum atomic E-state index is -3.11. The maximum absolute atomic E-state index is 12.5. The van der Waals surface area contributed by atoms with Crippen LogP contribution in [0.2, 0.25) is 0 Å². The number of amides is 1. The fourth-order valence-corrected chi connectivity index (χ4v) is 4.93. The molecule has 1 fully saturated rings. The Hall–Kier alpha value is -2.48. The third kappa shape index (κ3) is 3.41. The van der Waals surface area contributed by atoms with Gasteiger partial charge in [-0.1, -0.05) is 18.2 Å². The lowest BCUT2D eigenvalue weighted by molar-refractivity contribution is -0.132. The summed E-state index contributed by atoms with van der Waals surface area (Å²) in [6.07, 6.45) is 3.46. The molecule has 1 aromatic heterocycles. The summed E-state index contributed by atoms with van der Waals surface area (Å²) < 4.78 is 23.0. The molecule has 1 saturated heterocycles. The van der Waals surface area contributed by atoms with E-state index in [1.165, 1.54) is 5.41 Å². The number of anilines is 1. The van der Waals surface area contributed by atoms with Gasteiger partial charge in [0.1, 0.15) is 12.1 Å². The number of rotatable bonds is 3. The molecule has 3 heterocycles. The van der Waals surface area contributed by atoms with E-state index in [1.54, 1.807) is 12.4 Å². The number of hydrogen-bond acceptors (Lipinski definition) is 6. The van der Waals surface area contributed by atoms with Crippen LogP contribution in [0.5, 0.6) is 0 Å². The number of benzene rings is 1. The Morgan fingerprint density at radius 3 is 2.62 bits per heavy atom. The van der Waals surface area contributed by atoms with Crippen LogP contribution in [0, 0.1) is 5.92 Å². The summed E-state index contributed by atoms with van der Waals surface area (Å²) in [6.45, 7) is 2.62. The Kier molecular flexibility index (Phi) is 4.36. The van der Waals surface area contributed by atoms with Crippen LogP contribution in [0.4, 0.5) is 5.82 Å². The molecular weight excluding hydrogens is 352 g/mol. The van der Waals surface area contributed by atoms with Gasteiger partial charge in [-0.05, 0) is 12.1 Å². The molecule has 4 rings (SSSR count). The Morgan fingerprint density at radius 1 is 1.12 bits per heavy atom. The molecule has 26 heavy (non-hydrogen) atoms. The van der Waals surface area contributed by atoms with Crippen molar-refractivity contribution < 1.29 is 13.2 Å². The molecule has 1 aromatic carbocycles. The quantitative estimate of drug-likeness (QED) is 0.806. The average Bonchev–Trinajstić information content (AvgIpc) is 2.99. The van der Waals surface area contributed by atoms with Gasteiger partial charge < -0.3 is 9.80 Å². The largest absolute Gasteiger partial charge is 0.352 e. The van der Waals surface area contributed by atoms with E-state index in [0.29, 0.717) is 26.2 Å². The average molecular weight is 372 g/mol. The van der Waals surface area contributed by atoms with E-state index < -0.39 is 9.84 Å². The van der Waals surface area contributed by atoms with Crippen molar-refractivity contribution >= 4 is 32.5 Å². The Labute approximate surface area is 152 Å². The lowest BCUT2D eigenvalue weighted by Gasteiger charge is -2.36. The molecule has 0 bridgehead atoms. The number of allylic oxidation sites excluding steroid dienone is 1. The van der Waals surface area contributed by atoms with Gasteiger partial charge in [0.25, 0.3) is 0 Å². The van der Waals surface area contributed by atoms with E-state index in [9.17, 15) is 13.2 Å². The molecular formula is C18H20N4O3S. The number of carbonyl (C=O) groups is 1. The predicted molar refractivity (Wildman–Crippen MR) is 99.4 cm³/mol. The van der Waals surface area contributed by atoms with E-state index >= 15 is 0 Å². The van der Waals surface area contributed by atoms with E-state index in [0.717, 1.165) is 16.7 Å². The fraction of sp³-hybridized carbons (Fsp3) is 0.389. The highest BCUT2D eigenvalue weighted by molar-refractivity contribution is 7.94. The maximum Gasteiger partial charge on any atom is 0.223 e. The lowest BCUT2D eigenvalue weighted by Crippen LogP contribution is -2.49. The second-order valence-corrected chi connectivity index (χ2v) is 8.64. The summed E-state index contributed by atoms with van der Waals surface area (Å²) in [5.41, 5.74) is 0.908. The van der Waals surface area contributed by atoms with E-state index in [4.69, 9.17) is 0 Å². The third-order valence-electron chi connectivity index (χ3n) is 4.89. The first kappa shape index (κ1) is 17.0. The third-order valence-corrected chi connectivity index (χ3v) is 6.36. The number of carbonyl (C=O) groups excluding carboxylic acids is 1. The van der Waals surface area contributed by atoms with Crippen molar-refractivity contribution in [1.29, 1.82) is 0 Å². The minimum absolute atomic E-state index is 0.0175. The number of hydrogen-bond donors (Lipinski definition) is 0. The van der Waals surface area contributed by atoms with Crippen molar-refractivity contribution in [1.82, 2.24) is 14.9 Å². The topological polar surface area (TPSA) is 83.5 Å². The molecule has 1 amide bonds. The summed E-state index contributed by atoms with van der Waals surface area (Å²) in [4.78, 5) is 25.2. The maximum atomic E-state index is 12.5. The Morgan fingerprint density at radius 2 is 1.88 bits per heavy atom. The molecule has 136 valence electrons. The van der Waals surface area contributed by atoms with Crippen molar-refractivity contribution in [3.63, 3.8) is 0 Å². The highest BCUT2D eigenvalue weighted by Crippen LogP contribution is 2.24. The van der Waals surface area contributed by atoms with Gasteiger partial charge >= 0.3 is 0 Å². The van der Waals surface area contributed by atoms with Crippen LogP contribution >= 0.6 is 0 Å². The number of nitrogens with zero attached hydrogens (tertiary/aromatic N) is 4. The highest BCUT2D eigenvalue weighted by atomic mass is 32.2. The van der Waals surface area contributed by atoms with Crippen molar-refractivity contribution in [3.05, 3.63) is 42.1 Å². The lowest BCUT2D eigenvalue weighted by atomic mass is 10.1. The zero-order chi connectivity index (χ0) is 18.1. The van der Waals surface area contributed by atoms with Crippen LogP contribution in [0.25, 0.3) is 10.9 Å². The van der Waals surface area contributed by atoms with Crippen LogP contribution in [0.3, 0.4) is 0 Å². The standard InChI is InChI=1S/C18H20N4O3S/c23-17(11-14-5-10-26(24,25)12-14)21-6-8-22(9-7-21)18-15-3-1-2-4-16(15)19-13-20-18/h1-5,10,13-14H,6-9,11-12H2. The molecule has 0 aliphatic carbocycles. The van der Waals surface area contributed by atoms with Crippen molar-refractivity contribution in [3.8, 4) is 0 Å². The van der Waals surface area contributed by atoms with Crippen LogP contribution in [0.1, 0.15) is 6.42 Å². The van der Waals surface area contributed by atoms with Crippen LogP contribution in [-0.2, 0) is 14.6 Å². The molecule has 2 aliphatic rings. The number of sulfone groups is 1. The summed E-state index contributed by atoms with van der Waals surface area (Å²) in [7, 11) is -3.11. The first-order chi connectivity index (χ1) is 12.5. The van der Waals surface area contributed by atoms with Gasteiger partial charge in [-0.25, -0.2) is 18.4 Å². The molecule has 1 atom stereocenters. The zero-order valence-electron chi connectivity index (χ0n) is 14.3. The Balaban J connectivity index is 1.39. The van der Waals surface area contributed by atoms with Gasteiger partial charge in [-0.3, -0.25) is 4.79 Å². The molecule has 2 aromatic rings. The van der Waals surface area contributed by atoms with E-state index in [2.05, 4.69) is 14.9 Å². The molecule has 0 N–H and O–H groups in total. The normalized spacial score (nSPS) is 22.1. The smallest absolute Gasteiger partial charge is 0.223 e. The number of para-hydroxylation sites is 1. The highest BCUT2D eigenvalue weighted by Gasteiger charge is 2.28. The number of piperazine rings is 1. The molecule has 1 unspecified atom stereocenters. The molecule has 0 saturated carbocycles. The minimum Gasteiger partial charge on any atom is -0.352 e. The molecule has 0 radical (unpaired) electrons. The first-order valence-corrected chi connectivity index (χ1v) is 10.4. The van der Waals surface area contributed by atoms with Gasteiger partial charge in [0, 0.05) is 49.3 Å². The predicted octanol–water partition coefficient (Wildman–Crippen LogP) is 1.23. The molecule has 2 aliphatic heterocycles. The molecule has 0 spiro atoms. The van der Waals surface area contributed by atoms with Gasteiger partial charge in [0.05, 0.1) is 11.3 Å². The van der Waals surface area contributed by atoms with Gasteiger partial charge in [-0.15, -0.1) is 0 Å². The van der Waals surface area contributed by atoms with Crippen LogP contribution in [-0.4, -0.2) is 61.1 Å². The van der Waals surface area contributed by atoms with Crippen molar-refractivity contribution in [2.24, 2.45) is 5.92 Å². The fourth-order valence-electron chi connectivity index (χ4n) is 3.53. The summed E-state index contributed by atoms with van der Waals surface area (Å²) in [5, 5.41) is 2.24. The Bertz CT molecular complexity index is 960. The molecule has 7 nitrogen and oxygen atoms in total. The van der Waals surface area contributed by atoms with Crippen LogP contribution < -0.4 is 4.90 Å². The van der Waals surface area contributed by atoms with Crippen LogP contribution in [0.15, 0.2) is 42.1 Å². The SMILES string of the molecule is O=C(CC1C=CS(=O)(=O)C1)N1CCN(c2ncnc3ccccc23)CC1. The summed E-state index contributed by atoms with van der Waals surface area (Å²) in [6, 6.07) is 7.89. The van der Waals surface area contributed by atoms with E-state index in [-0.39, 0.29) is 24.0 Å². The second-order valence-electron chi connectivity index (χ2n) is 6.70. The second kappa shape index (κ2) is 6.68. The van der Waals surface area contributed by atoms with E-state index in [1.807, 2.05) is 29.2 Å². The monoisotopic (exact) mass is 372 g/mol. The van der Waals surface area contributed by atoms with Crippen molar-refractivity contribution in [2.75, 3.05) is 36.8 Å².